The average molecular weight is 282 g/mol. The van der Waals surface area contributed by atoms with Crippen molar-refractivity contribution in [2.45, 2.75) is 20.0 Å². The highest BCUT2D eigenvalue weighted by Crippen LogP contribution is 2.25. The summed E-state index contributed by atoms with van der Waals surface area (Å²) in [4.78, 5) is 10.5. The first kappa shape index (κ1) is 13.5. The zero-order valence-electron chi connectivity index (χ0n) is 10.2. The molecule has 19 heavy (non-hydrogen) atoms. The summed E-state index contributed by atoms with van der Waals surface area (Å²) in [5, 5.41) is 18.1. The van der Waals surface area contributed by atoms with Gasteiger partial charge in [0.2, 0.25) is 0 Å². The van der Waals surface area contributed by atoms with Crippen molar-refractivity contribution in [1.82, 2.24) is 10.5 Å². The van der Waals surface area contributed by atoms with Crippen LogP contribution in [0.5, 0.6) is 0 Å². The van der Waals surface area contributed by atoms with Gasteiger partial charge in [0.1, 0.15) is 0 Å². The molecule has 2 rings (SSSR count). The molecule has 100 valence electrons. The van der Waals surface area contributed by atoms with Crippen LogP contribution in [0.4, 0.5) is 5.69 Å². The lowest BCUT2D eigenvalue weighted by Crippen LogP contribution is -2.13. The number of benzene rings is 1. The average Bonchev–Trinajstić information content (AvgIpc) is 2.77. The molecule has 0 radical (unpaired) electrons. The highest BCUT2D eigenvalue weighted by Gasteiger charge is 2.16. The molecule has 0 saturated carbocycles. The molecule has 0 atom stereocenters. The molecule has 0 bridgehead atoms. The quantitative estimate of drug-likeness (QED) is 0.673. The zero-order chi connectivity index (χ0) is 13.8. The summed E-state index contributed by atoms with van der Waals surface area (Å²) in [6.07, 6.45) is 0. The van der Waals surface area contributed by atoms with Crippen molar-refractivity contribution in [2.24, 2.45) is 0 Å². The van der Waals surface area contributed by atoms with Crippen LogP contribution >= 0.6 is 11.6 Å². The Hall–Kier alpha value is -1.92. The van der Waals surface area contributed by atoms with Crippen molar-refractivity contribution in [2.75, 3.05) is 0 Å². The van der Waals surface area contributed by atoms with E-state index in [4.69, 9.17) is 16.1 Å². The topological polar surface area (TPSA) is 81.2 Å². The van der Waals surface area contributed by atoms with E-state index in [0.29, 0.717) is 22.9 Å². The number of hydrogen-bond acceptors (Lipinski definition) is 5. The standard InChI is InChI=1S/C12H12ClN3O3/c1-8-5-9(19-15-8)6-14-7-10-11(13)3-2-4-12(10)16(17)18/h2-5,14H,6-7H2,1H3. The first-order chi connectivity index (χ1) is 9.08. The molecule has 0 spiro atoms. The molecule has 7 heteroatoms. The van der Waals surface area contributed by atoms with Crippen molar-refractivity contribution in [1.29, 1.82) is 0 Å². The third-order valence-corrected chi connectivity index (χ3v) is 2.92. The van der Waals surface area contributed by atoms with E-state index in [-0.39, 0.29) is 12.2 Å². The molecule has 0 aliphatic heterocycles. The van der Waals surface area contributed by atoms with E-state index in [1.54, 1.807) is 18.2 Å². The molecule has 0 fully saturated rings. The predicted octanol–water partition coefficient (Wildman–Crippen LogP) is 2.83. The van der Waals surface area contributed by atoms with Gasteiger partial charge in [0.05, 0.1) is 27.7 Å². The number of aryl methyl sites for hydroxylation is 1. The Morgan fingerprint density at radius 3 is 2.89 bits per heavy atom. The van der Waals surface area contributed by atoms with E-state index in [9.17, 15) is 10.1 Å². The number of nitro groups is 1. The Labute approximate surface area is 114 Å². The van der Waals surface area contributed by atoms with Crippen molar-refractivity contribution in [3.05, 3.63) is 56.4 Å². The maximum atomic E-state index is 10.9. The summed E-state index contributed by atoms with van der Waals surface area (Å²) in [6, 6.07) is 6.42. The molecule has 1 N–H and O–H groups in total. The molecular weight excluding hydrogens is 270 g/mol. The fraction of sp³-hybridized carbons (Fsp3) is 0.250. The number of hydrogen-bond donors (Lipinski definition) is 1. The van der Waals surface area contributed by atoms with E-state index in [1.165, 1.54) is 6.07 Å². The number of aromatic nitrogens is 1. The molecule has 0 amide bonds. The first-order valence-electron chi connectivity index (χ1n) is 5.62. The van der Waals surface area contributed by atoms with E-state index in [2.05, 4.69) is 10.5 Å². The molecular formula is C12H12ClN3O3. The van der Waals surface area contributed by atoms with Gasteiger partial charge < -0.3 is 9.84 Å². The van der Waals surface area contributed by atoms with Crippen LogP contribution in [0.25, 0.3) is 0 Å². The van der Waals surface area contributed by atoms with Gasteiger partial charge >= 0.3 is 0 Å². The molecule has 1 aromatic carbocycles. The van der Waals surface area contributed by atoms with Gasteiger partial charge in [-0.05, 0) is 13.0 Å². The van der Waals surface area contributed by atoms with Crippen LogP contribution in [0.3, 0.4) is 0 Å². The lowest BCUT2D eigenvalue weighted by molar-refractivity contribution is -0.385. The van der Waals surface area contributed by atoms with Crippen LogP contribution in [0, 0.1) is 17.0 Å². The van der Waals surface area contributed by atoms with E-state index in [0.717, 1.165) is 5.69 Å². The Bertz CT molecular complexity index is 598. The third kappa shape index (κ3) is 3.30. The number of nitro benzene ring substituents is 1. The van der Waals surface area contributed by atoms with Gasteiger partial charge in [-0.2, -0.15) is 0 Å². The third-order valence-electron chi connectivity index (χ3n) is 2.57. The van der Waals surface area contributed by atoms with Crippen LogP contribution in [-0.2, 0) is 13.1 Å². The fourth-order valence-electron chi connectivity index (χ4n) is 1.70. The predicted molar refractivity (Wildman–Crippen MR) is 69.9 cm³/mol. The molecule has 0 aliphatic rings. The smallest absolute Gasteiger partial charge is 0.275 e. The Morgan fingerprint density at radius 2 is 2.26 bits per heavy atom. The number of nitrogens with zero attached hydrogens (tertiary/aromatic N) is 2. The summed E-state index contributed by atoms with van der Waals surface area (Å²) < 4.78 is 5.03. The van der Waals surface area contributed by atoms with Crippen LogP contribution in [0.1, 0.15) is 17.0 Å². The lowest BCUT2D eigenvalue weighted by Gasteiger charge is -2.05. The summed E-state index contributed by atoms with van der Waals surface area (Å²) in [5.74, 6) is 0.673. The minimum atomic E-state index is -0.443. The second kappa shape index (κ2) is 5.81. The molecule has 0 saturated heterocycles. The summed E-state index contributed by atoms with van der Waals surface area (Å²) in [5.41, 5.74) is 1.26. The normalized spacial score (nSPS) is 10.6. The minimum absolute atomic E-state index is 0.00810. The number of halogens is 1. The van der Waals surface area contributed by atoms with Gasteiger partial charge in [-0.25, -0.2) is 0 Å². The maximum absolute atomic E-state index is 10.9. The highest BCUT2D eigenvalue weighted by molar-refractivity contribution is 6.31. The molecule has 0 aliphatic carbocycles. The monoisotopic (exact) mass is 281 g/mol. The zero-order valence-corrected chi connectivity index (χ0v) is 11.0. The Kier molecular flexibility index (Phi) is 4.13. The fourth-order valence-corrected chi connectivity index (χ4v) is 1.94. The van der Waals surface area contributed by atoms with Crippen molar-refractivity contribution in [3.8, 4) is 0 Å². The molecule has 1 aromatic heterocycles. The molecule has 2 aromatic rings. The second-order valence-corrected chi connectivity index (χ2v) is 4.44. The first-order valence-corrected chi connectivity index (χ1v) is 6.00. The largest absolute Gasteiger partial charge is 0.360 e. The van der Waals surface area contributed by atoms with Crippen molar-refractivity contribution < 1.29 is 9.45 Å². The van der Waals surface area contributed by atoms with E-state index in [1.807, 2.05) is 6.92 Å². The second-order valence-electron chi connectivity index (χ2n) is 4.03. The van der Waals surface area contributed by atoms with Gasteiger partial charge in [-0.15, -0.1) is 0 Å². The highest BCUT2D eigenvalue weighted by atomic mass is 35.5. The lowest BCUT2D eigenvalue weighted by atomic mass is 10.2. The summed E-state index contributed by atoms with van der Waals surface area (Å²) >= 11 is 5.98. The summed E-state index contributed by atoms with van der Waals surface area (Å²) in [7, 11) is 0. The van der Waals surface area contributed by atoms with Crippen LogP contribution in [-0.4, -0.2) is 10.1 Å². The van der Waals surface area contributed by atoms with Gasteiger partial charge in [0.25, 0.3) is 5.69 Å². The van der Waals surface area contributed by atoms with Crippen molar-refractivity contribution >= 4 is 17.3 Å². The molecule has 6 nitrogen and oxygen atoms in total. The minimum Gasteiger partial charge on any atom is -0.360 e. The van der Waals surface area contributed by atoms with Gasteiger partial charge in [0, 0.05) is 18.7 Å². The Morgan fingerprint density at radius 1 is 1.47 bits per heavy atom. The summed E-state index contributed by atoms with van der Waals surface area (Å²) in [6.45, 7) is 2.55. The number of nitrogens with one attached hydrogen (secondary N) is 1. The van der Waals surface area contributed by atoms with Crippen molar-refractivity contribution in [3.63, 3.8) is 0 Å². The van der Waals surface area contributed by atoms with Crippen LogP contribution < -0.4 is 5.32 Å². The maximum Gasteiger partial charge on any atom is 0.275 e. The van der Waals surface area contributed by atoms with Gasteiger partial charge in [-0.1, -0.05) is 22.8 Å². The van der Waals surface area contributed by atoms with E-state index >= 15 is 0 Å². The van der Waals surface area contributed by atoms with Crippen LogP contribution in [0.2, 0.25) is 5.02 Å². The molecule has 0 unspecified atom stereocenters. The molecule has 1 heterocycles. The van der Waals surface area contributed by atoms with Gasteiger partial charge in [-0.3, -0.25) is 10.1 Å². The van der Waals surface area contributed by atoms with Gasteiger partial charge in [0.15, 0.2) is 5.76 Å². The SMILES string of the molecule is Cc1cc(CNCc2c(Cl)cccc2[N+](=O)[O-])on1. The Balaban J connectivity index is 2.05. The van der Waals surface area contributed by atoms with Crippen LogP contribution in [0.15, 0.2) is 28.8 Å². The number of rotatable bonds is 5. The van der Waals surface area contributed by atoms with E-state index < -0.39 is 4.92 Å².